The molecular formula is C29H45N4Nb-. The molecule has 1 aliphatic carbocycles. The summed E-state index contributed by atoms with van der Waals surface area (Å²) in [6, 6.07) is 21.3. The van der Waals surface area contributed by atoms with E-state index >= 15 is 0 Å². The number of rotatable bonds is 18. The van der Waals surface area contributed by atoms with Gasteiger partial charge in [-0.2, -0.15) is 0 Å². The van der Waals surface area contributed by atoms with Crippen LogP contribution in [-0.2, 0) is 35.5 Å². The van der Waals surface area contributed by atoms with Crippen LogP contribution in [-0.4, -0.2) is 63.2 Å². The molecule has 0 bridgehead atoms. The number of hydrogen-bond donors (Lipinski definition) is 1. The van der Waals surface area contributed by atoms with Gasteiger partial charge in [-0.25, -0.2) is 0 Å². The molecule has 34 heavy (non-hydrogen) atoms. The molecule has 0 spiro atoms. The predicted molar refractivity (Wildman–Crippen MR) is 142 cm³/mol. The molecule has 0 heterocycles. The van der Waals surface area contributed by atoms with Gasteiger partial charge in [0.05, 0.1) is 0 Å². The molecule has 1 aliphatic rings. The molecule has 1 N–H and O–H groups in total. The number of unbranched alkanes of at least 4 members (excludes halogenated alkanes) is 2. The van der Waals surface area contributed by atoms with Crippen LogP contribution in [0.15, 0.2) is 60.7 Å². The van der Waals surface area contributed by atoms with E-state index in [2.05, 4.69) is 95.2 Å². The molecule has 1 saturated carbocycles. The van der Waals surface area contributed by atoms with Gasteiger partial charge in [0, 0.05) is 35.5 Å². The van der Waals surface area contributed by atoms with Crippen molar-refractivity contribution in [2.24, 2.45) is 11.8 Å². The van der Waals surface area contributed by atoms with Gasteiger partial charge >= 0.3 is 0 Å². The minimum absolute atomic E-state index is 0. The summed E-state index contributed by atoms with van der Waals surface area (Å²) in [5.41, 5.74) is 2.72. The molecule has 0 aliphatic heterocycles. The van der Waals surface area contributed by atoms with Crippen molar-refractivity contribution in [3.8, 4) is 0 Å². The fourth-order valence-electron chi connectivity index (χ4n) is 4.57. The smallest absolute Gasteiger partial charge is 0.0230 e. The monoisotopic (exact) mass is 542 g/mol. The topological polar surface area (TPSA) is 32.6 Å². The molecule has 1 fully saturated rings. The predicted octanol–water partition coefficient (Wildman–Crippen LogP) is 5.41. The number of benzene rings is 2. The van der Waals surface area contributed by atoms with Crippen molar-refractivity contribution in [1.82, 2.24) is 15.1 Å². The van der Waals surface area contributed by atoms with Crippen molar-refractivity contribution in [1.29, 1.82) is 0 Å². The molecule has 4 nitrogen and oxygen atoms in total. The Morgan fingerprint density at radius 2 is 1.44 bits per heavy atom. The van der Waals surface area contributed by atoms with E-state index in [0.717, 1.165) is 38.0 Å². The first-order valence-corrected chi connectivity index (χ1v) is 13.0. The summed E-state index contributed by atoms with van der Waals surface area (Å²) in [5, 5.41) is 8.33. The second-order valence-electron chi connectivity index (χ2n) is 9.95. The maximum Gasteiger partial charge on any atom is 0.0230 e. The Morgan fingerprint density at radius 1 is 0.794 bits per heavy atom. The van der Waals surface area contributed by atoms with Gasteiger partial charge in [-0.3, -0.25) is 0 Å². The molecule has 187 valence electrons. The van der Waals surface area contributed by atoms with Gasteiger partial charge in [0.1, 0.15) is 0 Å². The van der Waals surface area contributed by atoms with Crippen LogP contribution in [0.1, 0.15) is 43.2 Å². The van der Waals surface area contributed by atoms with Crippen molar-refractivity contribution in [2.75, 3.05) is 53.4 Å². The summed E-state index contributed by atoms with van der Waals surface area (Å²) in [7, 11) is 4.54. The Hall–Kier alpha value is -0.980. The van der Waals surface area contributed by atoms with Gasteiger partial charge in [-0.1, -0.05) is 72.6 Å². The van der Waals surface area contributed by atoms with Gasteiger partial charge in [0.25, 0.3) is 0 Å². The van der Waals surface area contributed by atoms with Crippen LogP contribution in [0.4, 0.5) is 0 Å². The van der Waals surface area contributed by atoms with Crippen LogP contribution >= 0.6 is 0 Å². The molecule has 0 aromatic heterocycles. The molecule has 3 rings (SSSR count). The summed E-state index contributed by atoms with van der Waals surface area (Å²) in [6.07, 6.45) is 6.40. The first-order valence-electron chi connectivity index (χ1n) is 13.0. The van der Waals surface area contributed by atoms with E-state index < -0.39 is 0 Å². The van der Waals surface area contributed by atoms with E-state index in [1.54, 1.807) is 0 Å². The van der Waals surface area contributed by atoms with Crippen LogP contribution in [0.3, 0.4) is 0 Å². The molecule has 0 amide bonds. The Morgan fingerprint density at radius 3 is 2.15 bits per heavy atom. The molecule has 2 aromatic rings. The molecule has 0 saturated heterocycles. The zero-order chi connectivity index (χ0) is 23.1. The SMILES string of the molecule is CN(CCCCN(C)CC1CC1CNCCCC[N-]Cc1ccccc1)Cc1ccccc1.[Nb]. The zero-order valence-electron chi connectivity index (χ0n) is 21.4. The van der Waals surface area contributed by atoms with Gasteiger partial charge in [0.2, 0.25) is 0 Å². The first kappa shape index (κ1) is 29.3. The van der Waals surface area contributed by atoms with Crippen molar-refractivity contribution in [3.63, 3.8) is 0 Å². The van der Waals surface area contributed by atoms with Gasteiger partial charge in [-0.05, 0) is 83.4 Å². The quantitative estimate of drug-likeness (QED) is 0.202. The molecule has 5 heteroatoms. The Balaban J connectivity index is 0.00000408. The average molecular weight is 543 g/mol. The van der Waals surface area contributed by atoms with E-state index in [9.17, 15) is 0 Å². The van der Waals surface area contributed by atoms with Crippen molar-refractivity contribution in [3.05, 3.63) is 77.1 Å². The Bertz CT molecular complexity index is 742. The molecule has 2 unspecified atom stereocenters. The minimum Gasteiger partial charge on any atom is -0.658 e. The second-order valence-corrected chi connectivity index (χ2v) is 9.95. The van der Waals surface area contributed by atoms with Crippen molar-refractivity contribution < 1.29 is 22.4 Å². The Labute approximate surface area is 224 Å². The standard InChI is InChI=1S/C29H45N4.Nb/c1-32(24-27-15-7-4-8-16-27)19-11-12-20-33(2)25-29-21-28(29)23-31-18-10-9-17-30-22-26-13-5-3-6-14-26;/h3-8,13-16,28-29,31H,9-12,17-25H2,1-2H3;/q-1;. The fourth-order valence-corrected chi connectivity index (χ4v) is 4.57. The molecular weight excluding hydrogens is 497 g/mol. The molecule has 1 radical (unpaired) electrons. The fraction of sp³-hybridized carbons (Fsp3) is 0.586. The van der Waals surface area contributed by atoms with Gasteiger partial charge in [-0.15, -0.1) is 13.1 Å². The summed E-state index contributed by atoms with van der Waals surface area (Å²) < 4.78 is 0. The van der Waals surface area contributed by atoms with Crippen LogP contribution in [0.5, 0.6) is 0 Å². The van der Waals surface area contributed by atoms with E-state index in [-0.39, 0.29) is 22.4 Å². The maximum absolute atomic E-state index is 4.65. The van der Waals surface area contributed by atoms with Crippen molar-refractivity contribution in [2.45, 2.75) is 45.2 Å². The van der Waals surface area contributed by atoms with Crippen LogP contribution in [0.2, 0.25) is 0 Å². The summed E-state index contributed by atoms with van der Waals surface area (Å²) in [5.74, 6) is 1.80. The number of nitrogens with one attached hydrogen (secondary N) is 1. The largest absolute Gasteiger partial charge is 0.658 e. The minimum atomic E-state index is 0. The van der Waals surface area contributed by atoms with Crippen LogP contribution < -0.4 is 5.32 Å². The maximum atomic E-state index is 4.65. The molecule has 2 aromatic carbocycles. The third-order valence-corrected chi connectivity index (χ3v) is 6.70. The normalized spacial score (nSPS) is 17.2. The van der Waals surface area contributed by atoms with Gasteiger partial charge < -0.3 is 20.4 Å². The number of hydrogen-bond acceptors (Lipinski definition) is 3. The second kappa shape index (κ2) is 17.5. The third-order valence-electron chi connectivity index (χ3n) is 6.70. The average Bonchev–Trinajstić information content (AvgIpc) is 3.57. The summed E-state index contributed by atoms with van der Waals surface area (Å²) >= 11 is 0. The zero-order valence-corrected chi connectivity index (χ0v) is 23.6. The number of nitrogens with zero attached hydrogens (tertiary/aromatic N) is 3. The summed E-state index contributed by atoms with van der Waals surface area (Å²) in [4.78, 5) is 4.99. The van der Waals surface area contributed by atoms with Gasteiger partial charge in [0.15, 0.2) is 0 Å². The van der Waals surface area contributed by atoms with Crippen molar-refractivity contribution >= 4 is 0 Å². The third kappa shape index (κ3) is 12.6. The summed E-state index contributed by atoms with van der Waals surface area (Å²) in [6.45, 7) is 8.90. The first-order chi connectivity index (χ1) is 16.2. The van der Waals surface area contributed by atoms with E-state index in [0.29, 0.717) is 0 Å². The van der Waals surface area contributed by atoms with E-state index in [4.69, 9.17) is 0 Å². The van der Waals surface area contributed by atoms with E-state index in [1.807, 2.05) is 0 Å². The van der Waals surface area contributed by atoms with E-state index in [1.165, 1.54) is 69.4 Å². The molecule has 2 atom stereocenters. The van der Waals surface area contributed by atoms with Crippen LogP contribution in [0, 0.1) is 11.8 Å². The van der Waals surface area contributed by atoms with Crippen LogP contribution in [0.25, 0.3) is 5.32 Å². The Kier molecular flexibility index (Phi) is 15.0.